The molecule has 3 rings (SSSR count). The fourth-order valence-electron chi connectivity index (χ4n) is 3.90. The van der Waals surface area contributed by atoms with Gasteiger partial charge < -0.3 is 14.3 Å². The summed E-state index contributed by atoms with van der Waals surface area (Å²) < 4.78 is 56.0. The maximum Gasteiger partial charge on any atom is 0.319 e. The van der Waals surface area contributed by atoms with Gasteiger partial charge in [-0.3, -0.25) is 13.2 Å². The van der Waals surface area contributed by atoms with E-state index in [-0.39, 0.29) is 42.5 Å². The Labute approximate surface area is 244 Å². The number of carbonyl (C=O) groups is 2. The van der Waals surface area contributed by atoms with E-state index in [2.05, 4.69) is 0 Å². The van der Waals surface area contributed by atoms with E-state index < -0.39 is 39.1 Å². The normalized spacial score (nSPS) is 13.7. The van der Waals surface area contributed by atoms with Gasteiger partial charge in [0.1, 0.15) is 23.7 Å². The molecule has 0 amide bonds. The number of hydrogen-bond donors (Lipinski definition) is 0. The summed E-state index contributed by atoms with van der Waals surface area (Å²) in [6.45, 7) is 4.48. The summed E-state index contributed by atoms with van der Waals surface area (Å²) in [5.74, 6) is -1.15. The molecule has 2 atom stereocenters. The number of ketones is 1. The first-order valence-corrected chi connectivity index (χ1v) is 15.9. The Morgan fingerprint density at radius 1 is 0.854 bits per heavy atom. The summed E-state index contributed by atoms with van der Waals surface area (Å²) in [5, 5.41) is 0. The Kier molecular flexibility index (Phi) is 12.0. The van der Waals surface area contributed by atoms with Gasteiger partial charge in [-0.2, -0.15) is 8.42 Å². The molecule has 0 aliphatic heterocycles. The second-order valence-corrected chi connectivity index (χ2v) is 13.1. The highest BCUT2D eigenvalue weighted by atomic mass is 32.2. The second-order valence-electron chi connectivity index (χ2n) is 10.0. The zero-order chi connectivity index (χ0) is 29.9. The van der Waals surface area contributed by atoms with Crippen molar-refractivity contribution < 1.29 is 35.9 Å². The highest BCUT2D eigenvalue weighted by Gasteiger charge is 2.36. The van der Waals surface area contributed by atoms with Crippen LogP contribution in [-0.4, -0.2) is 48.9 Å². The summed E-state index contributed by atoms with van der Waals surface area (Å²) in [7, 11) is -5.79. The average molecular weight is 601 g/mol. The standard InChI is InChI=1S/C31H36O8S2/c1-24-11-15-28(16-12-24)40(34)21-30(33)37-22-31(19-7-8-26(3)32,38-20-27-9-5-4-6-10-27)23-39-41(35,36)29-17-13-25(2)14-18-29/h4-6,9-18H,7-8,19-23H2,1-3H3/t31-,40+/m0/s1. The lowest BCUT2D eigenvalue weighted by Crippen LogP contribution is -2.44. The van der Waals surface area contributed by atoms with Crippen molar-refractivity contribution in [3.05, 3.63) is 95.6 Å². The lowest BCUT2D eigenvalue weighted by molar-refractivity contribution is -0.161. The van der Waals surface area contributed by atoms with Crippen LogP contribution in [0.5, 0.6) is 0 Å². The monoisotopic (exact) mass is 600 g/mol. The molecule has 41 heavy (non-hydrogen) atoms. The lowest BCUT2D eigenvalue weighted by atomic mass is 9.97. The van der Waals surface area contributed by atoms with Gasteiger partial charge in [-0.1, -0.05) is 65.7 Å². The highest BCUT2D eigenvalue weighted by Crippen LogP contribution is 2.26. The zero-order valence-corrected chi connectivity index (χ0v) is 25.2. The van der Waals surface area contributed by atoms with Crippen LogP contribution < -0.4 is 0 Å². The van der Waals surface area contributed by atoms with E-state index in [4.69, 9.17) is 13.7 Å². The number of rotatable bonds is 16. The number of aryl methyl sites for hydroxylation is 2. The van der Waals surface area contributed by atoms with Crippen LogP contribution >= 0.6 is 0 Å². The first-order chi connectivity index (χ1) is 19.5. The van der Waals surface area contributed by atoms with Crippen molar-refractivity contribution in [1.82, 2.24) is 0 Å². The molecule has 10 heteroatoms. The molecule has 3 aromatic carbocycles. The van der Waals surface area contributed by atoms with Gasteiger partial charge in [0.2, 0.25) is 0 Å². The Morgan fingerprint density at radius 3 is 2.07 bits per heavy atom. The number of Topliss-reactive ketones (excluding diaryl/α,β-unsaturated/α-hetero) is 1. The summed E-state index contributed by atoms with van der Waals surface area (Å²) in [6, 6.07) is 22.5. The number of benzene rings is 3. The van der Waals surface area contributed by atoms with E-state index in [9.17, 15) is 22.2 Å². The fourth-order valence-corrected chi connectivity index (χ4v) is 5.78. The molecule has 0 spiro atoms. The van der Waals surface area contributed by atoms with Crippen LogP contribution in [0.3, 0.4) is 0 Å². The van der Waals surface area contributed by atoms with Gasteiger partial charge in [0.25, 0.3) is 10.1 Å². The van der Waals surface area contributed by atoms with Crippen LogP contribution in [0, 0.1) is 13.8 Å². The number of hydrogen-bond acceptors (Lipinski definition) is 8. The molecule has 0 fully saturated rings. The minimum Gasteiger partial charge on any atom is -0.462 e. The fraction of sp³-hybridized carbons (Fsp3) is 0.355. The minimum absolute atomic E-state index is 0.0192. The Bertz CT molecular complexity index is 1420. The molecule has 0 aliphatic rings. The first-order valence-electron chi connectivity index (χ1n) is 13.2. The van der Waals surface area contributed by atoms with E-state index >= 15 is 0 Å². The van der Waals surface area contributed by atoms with Gasteiger partial charge in [-0.25, -0.2) is 0 Å². The summed E-state index contributed by atoms with van der Waals surface area (Å²) in [6.07, 6.45) is 0.759. The summed E-state index contributed by atoms with van der Waals surface area (Å²) in [5.41, 5.74) is 1.31. The summed E-state index contributed by atoms with van der Waals surface area (Å²) >= 11 is 0. The van der Waals surface area contributed by atoms with E-state index in [0.717, 1.165) is 16.7 Å². The topological polar surface area (TPSA) is 113 Å². The molecular formula is C31H36O8S2. The SMILES string of the molecule is CC(=O)CCC[C@](COC(=O)C[S@@](=O)c1ccc(C)cc1)(COS(=O)(=O)c1ccc(C)cc1)OCc1ccccc1. The summed E-state index contributed by atoms with van der Waals surface area (Å²) in [4.78, 5) is 24.9. The molecule has 0 saturated carbocycles. The minimum atomic E-state index is -4.17. The van der Waals surface area contributed by atoms with Crippen molar-refractivity contribution in [3.63, 3.8) is 0 Å². The Balaban J connectivity index is 1.81. The zero-order valence-electron chi connectivity index (χ0n) is 23.5. The predicted molar refractivity (Wildman–Crippen MR) is 156 cm³/mol. The van der Waals surface area contributed by atoms with E-state index in [1.54, 1.807) is 24.3 Å². The quantitative estimate of drug-likeness (QED) is 0.165. The third-order valence-corrected chi connectivity index (χ3v) is 8.94. The van der Waals surface area contributed by atoms with Crippen molar-refractivity contribution in [2.24, 2.45) is 0 Å². The molecular weight excluding hydrogens is 564 g/mol. The predicted octanol–water partition coefficient (Wildman–Crippen LogP) is 5.07. The highest BCUT2D eigenvalue weighted by molar-refractivity contribution is 7.86. The molecule has 0 aliphatic carbocycles. The van der Waals surface area contributed by atoms with Gasteiger partial charge in [0.15, 0.2) is 0 Å². The maximum atomic E-state index is 13.0. The third kappa shape index (κ3) is 10.6. The van der Waals surface area contributed by atoms with Crippen LogP contribution in [0.1, 0.15) is 42.9 Å². The first kappa shape index (κ1) is 32.3. The molecule has 0 N–H and O–H groups in total. The molecule has 0 radical (unpaired) electrons. The van der Waals surface area contributed by atoms with Crippen LogP contribution in [-0.2, 0) is 50.8 Å². The van der Waals surface area contributed by atoms with Crippen LogP contribution in [0.4, 0.5) is 0 Å². The third-order valence-electron chi connectivity index (χ3n) is 6.36. The largest absolute Gasteiger partial charge is 0.462 e. The molecule has 0 aromatic heterocycles. The Morgan fingerprint density at radius 2 is 1.46 bits per heavy atom. The second kappa shape index (κ2) is 15.2. The van der Waals surface area contributed by atoms with Gasteiger partial charge >= 0.3 is 5.97 Å². The van der Waals surface area contributed by atoms with Crippen molar-refractivity contribution in [1.29, 1.82) is 0 Å². The Hall–Kier alpha value is -3.18. The van der Waals surface area contributed by atoms with Crippen LogP contribution in [0.2, 0.25) is 0 Å². The smallest absolute Gasteiger partial charge is 0.319 e. The van der Waals surface area contributed by atoms with Crippen molar-refractivity contribution in [2.75, 3.05) is 19.0 Å². The van der Waals surface area contributed by atoms with E-state index in [0.29, 0.717) is 11.3 Å². The van der Waals surface area contributed by atoms with Gasteiger partial charge in [0.05, 0.1) is 28.9 Å². The van der Waals surface area contributed by atoms with Crippen molar-refractivity contribution in [2.45, 2.75) is 62.0 Å². The van der Waals surface area contributed by atoms with Crippen LogP contribution in [0.15, 0.2) is 88.7 Å². The van der Waals surface area contributed by atoms with E-state index in [1.807, 2.05) is 56.3 Å². The molecule has 0 saturated heterocycles. The van der Waals surface area contributed by atoms with Gasteiger partial charge in [-0.15, -0.1) is 0 Å². The average Bonchev–Trinajstić information content (AvgIpc) is 2.94. The molecule has 0 heterocycles. The van der Waals surface area contributed by atoms with Crippen LogP contribution in [0.25, 0.3) is 0 Å². The maximum absolute atomic E-state index is 13.0. The number of ether oxygens (including phenoxy) is 2. The number of carbonyl (C=O) groups excluding carboxylic acids is 2. The van der Waals surface area contributed by atoms with Gasteiger partial charge in [0, 0.05) is 11.3 Å². The van der Waals surface area contributed by atoms with Gasteiger partial charge in [-0.05, 0) is 63.4 Å². The van der Waals surface area contributed by atoms with Crippen molar-refractivity contribution in [3.8, 4) is 0 Å². The molecule has 0 bridgehead atoms. The molecule has 220 valence electrons. The van der Waals surface area contributed by atoms with E-state index in [1.165, 1.54) is 19.1 Å². The molecule has 3 aromatic rings. The number of esters is 1. The molecule has 0 unspecified atom stereocenters. The molecule has 8 nitrogen and oxygen atoms in total. The van der Waals surface area contributed by atoms with Crippen molar-refractivity contribution >= 4 is 32.7 Å². The lowest BCUT2D eigenvalue weighted by Gasteiger charge is -2.33.